The third kappa shape index (κ3) is 3.42. The van der Waals surface area contributed by atoms with Gasteiger partial charge in [0.25, 0.3) is 5.91 Å². The van der Waals surface area contributed by atoms with Crippen LogP contribution in [0.15, 0.2) is 71.4 Å². The molecule has 5 heteroatoms. The van der Waals surface area contributed by atoms with Gasteiger partial charge in [0.15, 0.2) is 0 Å². The molecule has 26 heavy (non-hydrogen) atoms. The summed E-state index contributed by atoms with van der Waals surface area (Å²) in [4.78, 5) is 18.9. The second kappa shape index (κ2) is 7.35. The number of carbonyl (C=O) groups is 1. The van der Waals surface area contributed by atoms with E-state index in [4.69, 9.17) is 4.52 Å². The molecule has 0 saturated carbocycles. The Morgan fingerprint density at radius 2 is 1.96 bits per heavy atom. The molecule has 1 amide bonds. The van der Waals surface area contributed by atoms with Crippen LogP contribution in [-0.2, 0) is 0 Å². The van der Waals surface area contributed by atoms with E-state index in [-0.39, 0.29) is 17.7 Å². The van der Waals surface area contributed by atoms with Crippen molar-refractivity contribution in [2.24, 2.45) is 0 Å². The smallest absolute Gasteiger partial charge is 0.292 e. The van der Waals surface area contributed by atoms with Crippen molar-refractivity contribution in [2.75, 3.05) is 6.54 Å². The van der Waals surface area contributed by atoms with E-state index in [1.165, 1.54) is 0 Å². The van der Waals surface area contributed by atoms with Gasteiger partial charge in [-0.3, -0.25) is 9.78 Å². The molecule has 130 valence electrons. The lowest BCUT2D eigenvalue weighted by Gasteiger charge is -2.20. The number of nitrogens with zero attached hydrogens (tertiary/aromatic N) is 3. The van der Waals surface area contributed by atoms with Crippen LogP contribution in [0.3, 0.4) is 0 Å². The minimum atomic E-state index is -0.125. The summed E-state index contributed by atoms with van der Waals surface area (Å²) in [5.74, 6) is 0.130. The summed E-state index contributed by atoms with van der Waals surface area (Å²) in [6.45, 7) is 0.724. The van der Waals surface area contributed by atoms with Crippen molar-refractivity contribution in [1.29, 1.82) is 0 Å². The summed E-state index contributed by atoms with van der Waals surface area (Å²) in [5, 5.41) is 3.99. The molecular formula is C21H19N3O2. The first kappa shape index (κ1) is 16.3. The average Bonchev–Trinajstić information content (AvgIpc) is 3.37. The second-order valence-electron chi connectivity index (χ2n) is 6.27. The summed E-state index contributed by atoms with van der Waals surface area (Å²) in [6.07, 6.45) is 7.79. The maximum absolute atomic E-state index is 12.9. The van der Waals surface area contributed by atoms with Crippen LogP contribution >= 0.6 is 0 Å². The van der Waals surface area contributed by atoms with E-state index in [2.05, 4.69) is 22.3 Å². The fourth-order valence-corrected chi connectivity index (χ4v) is 3.18. The highest BCUT2D eigenvalue weighted by atomic mass is 16.5. The number of carbonyl (C=O) groups excluding carboxylic acids is 1. The molecule has 1 aliphatic heterocycles. The Labute approximate surface area is 152 Å². The van der Waals surface area contributed by atoms with Crippen LogP contribution in [0.2, 0.25) is 0 Å². The third-order valence-corrected chi connectivity index (χ3v) is 4.52. The number of rotatable bonds is 4. The Bertz CT molecular complexity index is 903. The minimum Gasteiger partial charge on any atom is -0.350 e. The van der Waals surface area contributed by atoms with E-state index in [9.17, 15) is 4.79 Å². The molecule has 0 N–H and O–H groups in total. The molecule has 2 aromatic heterocycles. The van der Waals surface area contributed by atoms with Crippen LogP contribution in [0.25, 0.3) is 17.5 Å². The summed E-state index contributed by atoms with van der Waals surface area (Å²) >= 11 is 0. The van der Waals surface area contributed by atoms with Crippen molar-refractivity contribution >= 4 is 12.0 Å². The summed E-state index contributed by atoms with van der Waals surface area (Å²) < 4.78 is 5.30. The molecular weight excluding hydrogens is 326 g/mol. The van der Waals surface area contributed by atoms with Crippen molar-refractivity contribution in [2.45, 2.75) is 18.9 Å². The maximum atomic E-state index is 12.9. The van der Waals surface area contributed by atoms with Gasteiger partial charge in [-0.25, -0.2) is 0 Å². The van der Waals surface area contributed by atoms with Gasteiger partial charge >= 0.3 is 0 Å². The topological polar surface area (TPSA) is 59.2 Å². The first-order valence-corrected chi connectivity index (χ1v) is 8.73. The zero-order chi connectivity index (χ0) is 17.8. The van der Waals surface area contributed by atoms with Crippen molar-refractivity contribution in [3.63, 3.8) is 0 Å². The van der Waals surface area contributed by atoms with Crippen LogP contribution in [0, 0.1) is 0 Å². The summed E-state index contributed by atoms with van der Waals surface area (Å²) in [7, 11) is 0. The molecule has 4 rings (SSSR count). The quantitative estimate of drug-likeness (QED) is 0.715. The molecule has 3 heterocycles. The number of pyridine rings is 1. The highest BCUT2D eigenvalue weighted by Crippen LogP contribution is 2.24. The normalized spacial score (nSPS) is 17.1. The molecule has 0 aliphatic carbocycles. The lowest BCUT2D eigenvalue weighted by atomic mass is 10.1. The minimum absolute atomic E-state index is 0.0751. The first-order chi connectivity index (χ1) is 12.8. The Balaban J connectivity index is 1.50. The monoisotopic (exact) mass is 345 g/mol. The van der Waals surface area contributed by atoms with Crippen LogP contribution in [0.1, 0.15) is 29.0 Å². The number of hydrogen-bond donors (Lipinski definition) is 0. The van der Waals surface area contributed by atoms with Crippen molar-refractivity contribution < 1.29 is 9.32 Å². The Hall–Kier alpha value is -3.21. The molecule has 1 fully saturated rings. The van der Waals surface area contributed by atoms with Gasteiger partial charge in [0.2, 0.25) is 5.76 Å². The second-order valence-corrected chi connectivity index (χ2v) is 6.27. The molecule has 1 aromatic carbocycles. The molecule has 1 unspecified atom stereocenters. The first-order valence-electron chi connectivity index (χ1n) is 8.73. The van der Waals surface area contributed by atoms with Crippen molar-refractivity contribution in [1.82, 2.24) is 15.0 Å². The van der Waals surface area contributed by atoms with Gasteiger partial charge in [0.05, 0.1) is 11.7 Å². The van der Waals surface area contributed by atoms with Crippen molar-refractivity contribution in [3.05, 3.63) is 78.2 Å². The fourth-order valence-electron chi connectivity index (χ4n) is 3.18. The highest BCUT2D eigenvalue weighted by Gasteiger charge is 2.30. The average molecular weight is 345 g/mol. The summed E-state index contributed by atoms with van der Waals surface area (Å²) in [6, 6.07) is 17.4. The number of hydrogen-bond acceptors (Lipinski definition) is 4. The van der Waals surface area contributed by atoms with Gasteiger partial charge in [-0.1, -0.05) is 53.7 Å². The number of aromatic nitrogens is 2. The third-order valence-electron chi connectivity index (χ3n) is 4.52. The van der Waals surface area contributed by atoms with Gasteiger partial charge < -0.3 is 9.42 Å². The molecule has 0 bridgehead atoms. The predicted octanol–water partition coefficient (Wildman–Crippen LogP) is 4.05. The molecule has 0 radical (unpaired) electrons. The van der Waals surface area contributed by atoms with Crippen LogP contribution in [0.5, 0.6) is 0 Å². The summed E-state index contributed by atoms with van der Waals surface area (Å²) in [5.41, 5.74) is 2.39. The van der Waals surface area contributed by atoms with E-state index in [0.717, 1.165) is 24.9 Å². The maximum Gasteiger partial charge on any atom is 0.292 e. The van der Waals surface area contributed by atoms with Gasteiger partial charge in [0.1, 0.15) is 5.69 Å². The molecule has 1 atom stereocenters. The van der Waals surface area contributed by atoms with Gasteiger partial charge in [-0.2, -0.15) is 0 Å². The van der Waals surface area contributed by atoms with E-state index in [1.807, 2.05) is 53.4 Å². The molecule has 3 aromatic rings. The van der Waals surface area contributed by atoms with E-state index >= 15 is 0 Å². The van der Waals surface area contributed by atoms with Crippen LogP contribution < -0.4 is 0 Å². The van der Waals surface area contributed by atoms with Crippen molar-refractivity contribution in [3.8, 4) is 11.4 Å². The van der Waals surface area contributed by atoms with E-state index < -0.39 is 0 Å². The Morgan fingerprint density at radius 1 is 1.12 bits per heavy atom. The van der Waals surface area contributed by atoms with Gasteiger partial charge in [0, 0.05) is 18.8 Å². The van der Waals surface area contributed by atoms with E-state index in [0.29, 0.717) is 11.4 Å². The van der Waals surface area contributed by atoms with Gasteiger partial charge in [-0.05, 0) is 30.5 Å². The molecule has 0 spiro atoms. The van der Waals surface area contributed by atoms with Crippen LogP contribution in [0.4, 0.5) is 0 Å². The highest BCUT2D eigenvalue weighted by molar-refractivity contribution is 5.93. The molecule has 5 nitrogen and oxygen atoms in total. The zero-order valence-corrected chi connectivity index (χ0v) is 14.3. The number of likely N-dealkylation sites (tertiary alicyclic amines) is 1. The standard InChI is InChI=1S/C21H19N3O2/c25-21(20-15-19(23-26-20)18-10-4-5-13-22-18)24-14-6-9-17(24)12-11-16-7-2-1-3-8-16/h1-5,7-8,10-13,15,17H,6,9,14H2/b12-11+. The Kier molecular flexibility index (Phi) is 4.60. The lowest BCUT2D eigenvalue weighted by molar-refractivity contribution is 0.0720. The number of benzene rings is 1. The number of amides is 1. The SMILES string of the molecule is O=C(c1cc(-c2ccccn2)no1)N1CCCC1/C=C/c1ccccc1. The molecule has 1 saturated heterocycles. The Morgan fingerprint density at radius 3 is 2.77 bits per heavy atom. The molecule has 1 aliphatic rings. The van der Waals surface area contributed by atoms with Crippen LogP contribution in [-0.4, -0.2) is 33.5 Å². The largest absolute Gasteiger partial charge is 0.350 e. The fraction of sp³-hybridized carbons (Fsp3) is 0.190. The van der Waals surface area contributed by atoms with E-state index in [1.54, 1.807) is 12.3 Å². The predicted molar refractivity (Wildman–Crippen MR) is 99.3 cm³/mol. The van der Waals surface area contributed by atoms with Gasteiger partial charge in [-0.15, -0.1) is 0 Å². The zero-order valence-electron chi connectivity index (χ0n) is 14.3. The lowest BCUT2D eigenvalue weighted by Crippen LogP contribution is -2.34.